The van der Waals surface area contributed by atoms with Crippen molar-refractivity contribution < 1.29 is 18.3 Å². The van der Waals surface area contributed by atoms with E-state index in [1.807, 2.05) is 49.9 Å². The molecule has 1 N–H and O–H groups in total. The number of halogens is 2. The molecule has 5 aromatic rings. The van der Waals surface area contributed by atoms with Gasteiger partial charge in [-0.3, -0.25) is 14.8 Å². The lowest BCUT2D eigenvalue weighted by atomic mass is 9.95. The number of thiazole rings is 1. The van der Waals surface area contributed by atoms with Crippen LogP contribution in [0, 0.1) is 6.92 Å². The molecule has 0 spiro atoms. The second-order valence-corrected chi connectivity index (χ2v) is 13.1. The number of carbonyl (C=O) groups excluding carboxylic acids is 1. The first-order chi connectivity index (χ1) is 22.3. The molecule has 2 aliphatic heterocycles. The number of hydrogen-bond acceptors (Lipinski definition) is 8. The van der Waals surface area contributed by atoms with E-state index >= 15 is 0 Å². The normalized spacial score (nSPS) is 17.3. The fourth-order valence-corrected chi connectivity index (χ4v) is 7.18. The molecule has 0 aliphatic carbocycles. The minimum Gasteiger partial charge on any atom is -0.373 e. The number of nitrogens with zero attached hydrogens (tertiary/aromatic N) is 7. The number of aryl methyl sites for hydroxylation is 2. The van der Waals surface area contributed by atoms with E-state index in [-0.39, 0.29) is 17.6 Å². The van der Waals surface area contributed by atoms with Crippen LogP contribution in [0.3, 0.4) is 0 Å². The molecule has 2 unspecified atom stereocenters. The number of ether oxygens (including phenoxy) is 1. The summed E-state index contributed by atoms with van der Waals surface area (Å²) >= 11 is 1.30. The Bertz CT molecular complexity index is 1850. The van der Waals surface area contributed by atoms with Crippen LogP contribution in [-0.4, -0.2) is 81.6 Å². The Labute approximate surface area is 269 Å². The zero-order chi connectivity index (χ0) is 31.9. The van der Waals surface area contributed by atoms with Crippen molar-refractivity contribution in [3.63, 3.8) is 0 Å². The van der Waals surface area contributed by atoms with Gasteiger partial charge in [-0.05, 0) is 68.8 Å². The van der Waals surface area contributed by atoms with Gasteiger partial charge in [0.25, 0.3) is 12.3 Å². The third kappa shape index (κ3) is 5.78. The Balaban J connectivity index is 1.26. The number of imidazole rings is 1. The van der Waals surface area contributed by atoms with Gasteiger partial charge in [0.15, 0.2) is 11.2 Å². The monoisotopic (exact) mass is 646 g/mol. The number of anilines is 2. The molecule has 7 rings (SSSR count). The molecule has 1 amide bonds. The van der Waals surface area contributed by atoms with Gasteiger partial charge in [-0.15, -0.1) is 11.3 Å². The van der Waals surface area contributed by atoms with Crippen LogP contribution in [0.15, 0.2) is 54.4 Å². The summed E-state index contributed by atoms with van der Waals surface area (Å²) in [5.41, 5.74) is 5.16. The Morgan fingerprint density at radius 3 is 2.76 bits per heavy atom. The van der Waals surface area contributed by atoms with Crippen LogP contribution >= 0.6 is 11.3 Å². The number of aromatic nitrogens is 5. The summed E-state index contributed by atoms with van der Waals surface area (Å²) in [6.07, 6.45) is 4.02. The fourth-order valence-electron chi connectivity index (χ4n) is 6.65. The summed E-state index contributed by atoms with van der Waals surface area (Å²) in [5, 5.41) is 10.2. The van der Waals surface area contributed by atoms with Crippen LogP contribution in [-0.2, 0) is 22.5 Å². The molecule has 2 atom stereocenters. The summed E-state index contributed by atoms with van der Waals surface area (Å²) < 4.78 is 38.8. The van der Waals surface area contributed by atoms with E-state index in [4.69, 9.17) is 9.84 Å². The van der Waals surface area contributed by atoms with Crippen molar-refractivity contribution in [3.05, 3.63) is 76.9 Å². The lowest BCUT2D eigenvalue weighted by Crippen LogP contribution is -2.46. The summed E-state index contributed by atoms with van der Waals surface area (Å²) in [6, 6.07) is 8.63. The number of hydrogen-bond donors (Lipinski definition) is 1. The molecule has 1 saturated heterocycles. The van der Waals surface area contributed by atoms with Gasteiger partial charge in [0.05, 0.1) is 30.2 Å². The molecule has 0 saturated carbocycles. The lowest BCUT2D eigenvalue weighted by Gasteiger charge is -2.35. The highest BCUT2D eigenvalue weighted by atomic mass is 32.1. The maximum Gasteiger partial charge on any atom is 0.264 e. The average molecular weight is 647 g/mol. The number of morpholine rings is 1. The molecular formula is C33H36F2N8O2S. The lowest BCUT2D eigenvalue weighted by molar-refractivity contribution is -0.118. The summed E-state index contributed by atoms with van der Waals surface area (Å²) in [5.74, 6) is -0.376. The van der Waals surface area contributed by atoms with Crippen molar-refractivity contribution in [2.45, 2.75) is 44.9 Å². The van der Waals surface area contributed by atoms with Crippen LogP contribution in [0.1, 0.15) is 41.4 Å². The van der Waals surface area contributed by atoms with E-state index in [0.717, 1.165) is 61.5 Å². The van der Waals surface area contributed by atoms with Crippen LogP contribution in [0.2, 0.25) is 0 Å². The smallest absolute Gasteiger partial charge is 0.264 e. The number of fused-ring (bicyclic) bond motifs is 2. The van der Waals surface area contributed by atoms with Crippen LogP contribution < -0.4 is 10.2 Å². The van der Waals surface area contributed by atoms with Gasteiger partial charge in [0.1, 0.15) is 0 Å². The Morgan fingerprint density at radius 2 is 2.02 bits per heavy atom. The second kappa shape index (κ2) is 12.5. The highest BCUT2D eigenvalue weighted by Crippen LogP contribution is 2.38. The SMILES string of the molecule is Cc1c(-c2ccc(N3CCOC(CN(C)C)C3)cc2)cc(C(F)F)c2cn(C(C(=O)Nc3nccs3)c3ncn4c3CCC4)nc12. The predicted octanol–water partition coefficient (Wildman–Crippen LogP) is 5.54. The molecular weight excluding hydrogens is 610 g/mol. The van der Waals surface area contributed by atoms with E-state index in [1.165, 1.54) is 16.0 Å². The molecule has 3 aromatic heterocycles. The number of rotatable bonds is 9. The van der Waals surface area contributed by atoms with E-state index in [1.54, 1.807) is 30.2 Å². The Hall–Kier alpha value is -4.20. The Kier molecular flexibility index (Phi) is 8.30. The van der Waals surface area contributed by atoms with Gasteiger partial charge < -0.3 is 19.1 Å². The third-order valence-electron chi connectivity index (χ3n) is 8.81. The molecule has 2 aliphatic rings. The van der Waals surface area contributed by atoms with E-state index in [0.29, 0.717) is 33.9 Å². The van der Waals surface area contributed by atoms with E-state index in [2.05, 4.69) is 25.1 Å². The summed E-state index contributed by atoms with van der Waals surface area (Å²) in [6.45, 7) is 5.79. The zero-order valence-electron chi connectivity index (χ0n) is 26.0. The van der Waals surface area contributed by atoms with Gasteiger partial charge in [0.2, 0.25) is 0 Å². The number of benzene rings is 2. The first-order valence-electron chi connectivity index (χ1n) is 15.4. The topological polar surface area (TPSA) is 93.3 Å². The van der Waals surface area contributed by atoms with Crippen LogP contribution in [0.4, 0.5) is 19.6 Å². The second-order valence-electron chi connectivity index (χ2n) is 12.2. The number of likely N-dealkylation sites (N-methyl/N-ethyl adjacent to an activating group) is 1. The molecule has 240 valence electrons. The van der Waals surface area contributed by atoms with Crippen molar-refractivity contribution in [1.82, 2.24) is 29.2 Å². The molecule has 10 nitrogen and oxygen atoms in total. The molecule has 5 heterocycles. The first kappa shape index (κ1) is 30.5. The van der Waals surface area contributed by atoms with Crippen LogP contribution in [0.5, 0.6) is 0 Å². The van der Waals surface area contributed by atoms with Gasteiger partial charge in [-0.1, -0.05) is 12.1 Å². The minimum atomic E-state index is -2.74. The Morgan fingerprint density at radius 1 is 1.20 bits per heavy atom. The maximum absolute atomic E-state index is 14.7. The zero-order valence-corrected chi connectivity index (χ0v) is 26.8. The molecule has 0 radical (unpaired) electrons. The van der Waals surface area contributed by atoms with Gasteiger partial charge in [-0.2, -0.15) is 5.10 Å². The fraction of sp³-hybridized carbons (Fsp3) is 0.394. The van der Waals surface area contributed by atoms with E-state index in [9.17, 15) is 13.6 Å². The largest absolute Gasteiger partial charge is 0.373 e. The maximum atomic E-state index is 14.7. The molecule has 46 heavy (non-hydrogen) atoms. The van der Waals surface area contributed by atoms with Gasteiger partial charge >= 0.3 is 0 Å². The van der Waals surface area contributed by atoms with Crippen molar-refractivity contribution in [3.8, 4) is 11.1 Å². The summed E-state index contributed by atoms with van der Waals surface area (Å²) in [7, 11) is 4.07. The number of nitrogens with one attached hydrogen (secondary N) is 1. The average Bonchev–Trinajstić information content (AvgIpc) is 3.84. The standard InChI is InChI=1S/C33H36F2N8O2S/c1-20-24(21-6-8-22(9-7-21)41-12-13-45-23(17-41)16-40(2)3)15-25(31(34)35)26-18-43(39-28(20)26)30(32(44)38-33-36-10-14-46-33)29-27-5-4-11-42(27)19-37-29/h6-10,14-15,18-19,23,30-31H,4-5,11-13,16-17H2,1-3H3,(H,36,38,44). The first-order valence-corrected chi connectivity index (χ1v) is 16.3. The minimum absolute atomic E-state index is 0.118. The van der Waals surface area contributed by atoms with Crippen molar-refractivity contribution in [2.24, 2.45) is 0 Å². The van der Waals surface area contributed by atoms with Crippen molar-refractivity contribution in [1.29, 1.82) is 0 Å². The molecule has 1 fully saturated rings. The van der Waals surface area contributed by atoms with Gasteiger partial charge in [-0.25, -0.2) is 18.7 Å². The molecule has 0 bridgehead atoms. The molecule has 2 aromatic carbocycles. The quantitative estimate of drug-likeness (QED) is 0.225. The highest BCUT2D eigenvalue weighted by molar-refractivity contribution is 7.13. The molecule has 13 heteroatoms. The highest BCUT2D eigenvalue weighted by Gasteiger charge is 2.33. The predicted molar refractivity (Wildman–Crippen MR) is 175 cm³/mol. The van der Waals surface area contributed by atoms with E-state index < -0.39 is 12.5 Å². The summed E-state index contributed by atoms with van der Waals surface area (Å²) in [4.78, 5) is 27.0. The van der Waals surface area contributed by atoms with Gasteiger partial charge in [0, 0.05) is 66.3 Å². The van der Waals surface area contributed by atoms with Crippen molar-refractivity contribution >= 4 is 39.0 Å². The van der Waals surface area contributed by atoms with Crippen LogP contribution in [0.25, 0.3) is 22.0 Å². The third-order valence-corrected chi connectivity index (χ3v) is 9.50. The number of alkyl halides is 2. The number of carbonyl (C=O) groups is 1. The van der Waals surface area contributed by atoms with Crippen molar-refractivity contribution in [2.75, 3.05) is 50.6 Å². The number of amides is 1.